The average molecular weight is 754 g/mol. The van der Waals surface area contributed by atoms with Crippen LogP contribution in [0.15, 0.2) is 60.1 Å². The van der Waals surface area contributed by atoms with Crippen LogP contribution < -0.4 is 27.0 Å². The second-order valence-corrected chi connectivity index (χ2v) is 16.3. The number of phenolic OH excluding ortho intramolecular Hbond substituents is 1. The minimum Gasteiger partial charge on any atom is -0.507 e. The number of rotatable bonds is 6. The summed E-state index contributed by atoms with van der Waals surface area (Å²) in [7, 11) is 2.13. The number of piperidine rings is 2. The number of nitrogens with two attached hydrogens (primary N) is 2. The zero-order valence-electron chi connectivity index (χ0n) is 31.5. The predicted octanol–water partition coefficient (Wildman–Crippen LogP) is 0.674. The lowest BCUT2D eigenvalue weighted by Crippen LogP contribution is -2.58. The molecule has 6 aliphatic heterocycles. The lowest BCUT2D eigenvalue weighted by Gasteiger charge is -2.45. The van der Waals surface area contributed by atoms with Gasteiger partial charge in [-0.3, -0.25) is 34.3 Å². The molecular formula is C40H51N9O6. The molecule has 5 atom stereocenters. The Labute approximate surface area is 320 Å². The number of aromatic hydroxyl groups is 1. The van der Waals surface area contributed by atoms with Crippen LogP contribution in [-0.4, -0.2) is 139 Å². The Morgan fingerprint density at radius 2 is 1.78 bits per heavy atom. The number of hydrogen-bond donors (Lipinski definition) is 5. The molecule has 292 valence electrons. The van der Waals surface area contributed by atoms with Crippen molar-refractivity contribution in [1.82, 2.24) is 30.2 Å². The summed E-state index contributed by atoms with van der Waals surface area (Å²) in [6.07, 6.45) is 3.50. The summed E-state index contributed by atoms with van der Waals surface area (Å²) in [6, 6.07) is 11.8. The molecule has 6 heterocycles. The number of ether oxygens (including phenoxy) is 1. The van der Waals surface area contributed by atoms with E-state index >= 15 is 0 Å². The molecule has 4 amide bonds. The number of nitrogens with one attached hydrogen (secondary N) is 2. The van der Waals surface area contributed by atoms with Gasteiger partial charge in [0, 0.05) is 82.3 Å². The van der Waals surface area contributed by atoms with E-state index in [0.717, 1.165) is 73.9 Å². The summed E-state index contributed by atoms with van der Waals surface area (Å²) in [6.45, 7) is 11.1. The number of piperazine rings is 1. The number of carbonyl (C=O) groups is 4. The van der Waals surface area contributed by atoms with E-state index in [4.69, 9.17) is 16.2 Å². The zero-order valence-corrected chi connectivity index (χ0v) is 31.5. The van der Waals surface area contributed by atoms with E-state index in [0.29, 0.717) is 53.9 Å². The van der Waals surface area contributed by atoms with Gasteiger partial charge in [0.15, 0.2) is 0 Å². The number of hydrogen-bond acceptors (Lipinski definition) is 13. The first-order valence-corrected chi connectivity index (χ1v) is 19.3. The second kappa shape index (κ2) is 14.5. The monoisotopic (exact) mass is 753 g/mol. The number of fused-ring (bicyclic) bond motifs is 3. The number of likely N-dealkylation sites (tertiary alicyclic amines) is 1. The molecular weight excluding hydrogens is 702 g/mol. The van der Waals surface area contributed by atoms with E-state index in [9.17, 15) is 24.3 Å². The third-order valence-corrected chi connectivity index (χ3v) is 12.0. The quantitative estimate of drug-likeness (QED) is 0.259. The van der Waals surface area contributed by atoms with Gasteiger partial charge in [0.1, 0.15) is 17.6 Å². The highest BCUT2D eigenvalue weighted by molar-refractivity contribution is 6.23. The molecule has 15 heteroatoms. The number of anilines is 1. The van der Waals surface area contributed by atoms with E-state index in [1.807, 2.05) is 18.2 Å². The van der Waals surface area contributed by atoms with Crippen LogP contribution in [0, 0.1) is 11.8 Å². The number of imide groups is 2. The van der Waals surface area contributed by atoms with Crippen molar-refractivity contribution in [2.75, 3.05) is 77.5 Å². The standard InChI is InChI=1S/C24H28N4O5.C16H23N5O/c1-24(12-26-10-14-8-15(14)11-26)13-27(6-7-33-24)16-2-3-17-18(9-16)23(32)28(22(17)31)19-4-5-20(29)25-21(19)30;1-20-6-7-21-11(10-20)9-19-16(18)14(21)8-13(17)12-4-2-3-5-15(12)22/h2-3,9,14-15,19H,4-8,10-13H2,1H3,(H,25,29,30);2-5,8,11,19,22H,6-7,9-10,17-18H2,1H3/b;13-8-. The van der Waals surface area contributed by atoms with Crippen LogP contribution in [0.25, 0.3) is 5.70 Å². The smallest absolute Gasteiger partial charge is 0.262 e. The summed E-state index contributed by atoms with van der Waals surface area (Å²) >= 11 is 0. The normalized spacial score (nSPS) is 29.6. The van der Waals surface area contributed by atoms with Gasteiger partial charge >= 0.3 is 0 Å². The maximum atomic E-state index is 13.2. The molecule has 5 fully saturated rings. The van der Waals surface area contributed by atoms with Gasteiger partial charge in [0.25, 0.3) is 11.8 Å². The van der Waals surface area contributed by atoms with Crippen molar-refractivity contribution < 1.29 is 29.0 Å². The highest BCUT2D eigenvalue weighted by Crippen LogP contribution is 2.45. The molecule has 2 aromatic carbocycles. The summed E-state index contributed by atoms with van der Waals surface area (Å²) in [5.41, 5.74) is 15.6. The lowest BCUT2D eigenvalue weighted by molar-refractivity contribution is -0.136. The molecule has 0 aromatic heterocycles. The molecule has 0 radical (unpaired) electrons. The highest BCUT2D eigenvalue weighted by atomic mass is 16.5. The molecule has 0 spiro atoms. The topological polar surface area (TPSA) is 190 Å². The maximum absolute atomic E-state index is 13.2. The number of nitrogens with zero attached hydrogens (tertiary/aromatic N) is 5. The average Bonchev–Trinajstić information content (AvgIpc) is 3.69. The van der Waals surface area contributed by atoms with E-state index in [-0.39, 0.29) is 30.1 Å². The fourth-order valence-electron chi connectivity index (χ4n) is 9.08. The number of carbonyl (C=O) groups excluding carboxylic acids is 4. The molecule has 1 saturated carbocycles. The fraction of sp³-hybridized carbons (Fsp3) is 0.500. The van der Waals surface area contributed by atoms with Crippen molar-refractivity contribution in [3.63, 3.8) is 0 Å². The van der Waals surface area contributed by atoms with Crippen LogP contribution in [0.4, 0.5) is 5.69 Å². The van der Waals surface area contributed by atoms with Crippen LogP contribution in [0.2, 0.25) is 0 Å². The SMILES string of the molecule is CC1(CN2CC3CC3C2)CN(c2ccc3c(c2)C(=O)N(C2CCC(=O)NC2=O)C3=O)CCO1.CN1CCN2C(/C=C(\N)c3ccccc3O)=C(N)NCC2C1. The third kappa shape index (κ3) is 7.35. The maximum Gasteiger partial charge on any atom is 0.262 e. The molecule has 2 aromatic rings. The number of phenols is 1. The molecule has 7 aliphatic rings. The van der Waals surface area contributed by atoms with Crippen LogP contribution in [0.3, 0.4) is 0 Å². The van der Waals surface area contributed by atoms with Crippen LogP contribution in [-0.2, 0) is 14.3 Å². The number of benzene rings is 2. The molecule has 7 N–H and O–H groups in total. The molecule has 55 heavy (non-hydrogen) atoms. The van der Waals surface area contributed by atoms with Gasteiger partial charge in [0.05, 0.1) is 35.1 Å². The number of likely N-dealkylation sites (N-methyl/N-ethyl adjacent to an activating group) is 1. The van der Waals surface area contributed by atoms with Gasteiger partial charge in [-0.05, 0) is 75.1 Å². The van der Waals surface area contributed by atoms with Crippen molar-refractivity contribution in [2.45, 2.75) is 43.9 Å². The number of allylic oxidation sites excluding steroid dienone is 1. The molecule has 15 nitrogen and oxygen atoms in total. The zero-order chi connectivity index (χ0) is 38.6. The number of para-hydroxylation sites is 1. The predicted molar refractivity (Wildman–Crippen MR) is 205 cm³/mol. The highest BCUT2D eigenvalue weighted by Gasteiger charge is 2.48. The van der Waals surface area contributed by atoms with E-state index in [2.05, 4.69) is 44.2 Å². The fourth-order valence-corrected chi connectivity index (χ4v) is 9.08. The third-order valence-electron chi connectivity index (χ3n) is 12.0. The van der Waals surface area contributed by atoms with Gasteiger partial charge in [-0.15, -0.1) is 0 Å². The Hall–Kier alpha value is -5.12. The molecule has 1 aliphatic carbocycles. The largest absolute Gasteiger partial charge is 0.507 e. The van der Waals surface area contributed by atoms with Crippen molar-refractivity contribution in [3.05, 3.63) is 76.7 Å². The molecule has 5 unspecified atom stereocenters. The Kier molecular flexibility index (Phi) is 9.72. The minimum atomic E-state index is -0.947. The van der Waals surface area contributed by atoms with Crippen LogP contribution >= 0.6 is 0 Å². The molecule has 9 rings (SSSR count). The van der Waals surface area contributed by atoms with Gasteiger partial charge in [-0.1, -0.05) is 12.1 Å². The Balaban J connectivity index is 0.000000169. The molecule has 4 saturated heterocycles. The number of morpholine rings is 1. The first kappa shape index (κ1) is 36.8. The first-order valence-electron chi connectivity index (χ1n) is 19.3. The Bertz CT molecular complexity index is 1960. The summed E-state index contributed by atoms with van der Waals surface area (Å²) in [5.74, 6) is 0.644. The van der Waals surface area contributed by atoms with Crippen molar-refractivity contribution in [1.29, 1.82) is 0 Å². The second-order valence-electron chi connectivity index (χ2n) is 16.3. The summed E-state index contributed by atoms with van der Waals surface area (Å²) in [5, 5.41) is 15.4. The molecule has 0 bridgehead atoms. The van der Waals surface area contributed by atoms with Crippen molar-refractivity contribution >= 4 is 35.0 Å². The van der Waals surface area contributed by atoms with Gasteiger partial charge in [0.2, 0.25) is 11.8 Å². The van der Waals surface area contributed by atoms with Crippen molar-refractivity contribution in [3.8, 4) is 5.75 Å². The summed E-state index contributed by atoms with van der Waals surface area (Å²) in [4.78, 5) is 60.2. The number of amides is 4. The van der Waals surface area contributed by atoms with E-state index in [1.54, 1.807) is 30.3 Å². The Morgan fingerprint density at radius 1 is 1.02 bits per heavy atom. The van der Waals surface area contributed by atoms with Gasteiger partial charge in [-0.2, -0.15) is 0 Å². The van der Waals surface area contributed by atoms with Crippen LogP contribution in [0.1, 0.15) is 52.5 Å². The van der Waals surface area contributed by atoms with Crippen molar-refractivity contribution in [2.24, 2.45) is 23.3 Å². The summed E-state index contributed by atoms with van der Waals surface area (Å²) < 4.78 is 6.19. The first-order chi connectivity index (χ1) is 26.4. The van der Waals surface area contributed by atoms with Gasteiger partial charge in [-0.25, -0.2) is 0 Å². The van der Waals surface area contributed by atoms with E-state index in [1.165, 1.54) is 6.42 Å². The van der Waals surface area contributed by atoms with Crippen LogP contribution in [0.5, 0.6) is 5.75 Å². The minimum absolute atomic E-state index is 0.111. The van der Waals surface area contributed by atoms with Gasteiger partial charge < -0.3 is 41.3 Å². The lowest BCUT2D eigenvalue weighted by atomic mass is 10.0. The Morgan fingerprint density at radius 3 is 2.55 bits per heavy atom. The van der Waals surface area contributed by atoms with E-state index < -0.39 is 23.8 Å².